The van der Waals surface area contributed by atoms with Gasteiger partial charge in [0.1, 0.15) is 0 Å². The molecule has 126 valence electrons. The Balaban J connectivity index is 2.23. The second-order valence-corrected chi connectivity index (χ2v) is 8.16. The fourth-order valence-corrected chi connectivity index (χ4v) is 4.18. The van der Waals surface area contributed by atoms with Gasteiger partial charge < -0.3 is 5.11 Å². The van der Waals surface area contributed by atoms with Crippen LogP contribution in [0.3, 0.4) is 0 Å². The maximum atomic E-state index is 12.5. The Morgan fingerprint density at radius 2 is 2.00 bits per heavy atom. The summed E-state index contributed by atoms with van der Waals surface area (Å²) in [5, 5.41) is 8.74. The summed E-state index contributed by atoms with van der Waals surface area (Å²) in [5.74, 6) is -0.922. The molecule has 1 aromatic carbocycles. The van der Waals surface area contributed by atoms with Crippen LogP contribution in [0, 0.1) is 0 Å². The van der Waals surface area contributed by atoms with E-state index in [1.165, 1.54) is 6.07 Å². The minimum atomic E-state index is -3.77. The van der Waals surface area contributed by atoms with E-state index in [4.69, 9.17) is 5.11 Å². The molecule has 0 aliphatic heterocycles. The molecule has 2 N–H and O–H groups in total. The van der Waals surface area contributed by atoms with E-state index in [9.17, 15) is 18.0 Å². The normalized spacial score (nSPS) is 15.3. The van der Waals surface area contributed by atoms with Crippen LogP contribution in [-0.2, 0) is 21.2 Å². The van der Waals surface area contributed by atoms with Crippen molar-refractivity contribution in [2.24, 2.45) is 0 Å². The molecule has 0 aromatic heterocycles. The van der Waals surface area contributed by atoms with Crippen molar-refractivity contribution in [1.82, 2.24) is 4.72 Å². The smallest absolute Gasteiger partial charge is 0.303 e. The molecule has 7 heteroatoms. The van der Waals surface area contributed by atoms with E-state index in [0.29, 0.717) is 18.4 Å². The molecule has 1 aliphatic rings. The number of carbonyl (C=O) groups is 2. The van der Waals surface area contributed by atoms with E-state index >= 15 is 0 Å². The van der Waals surface area contributed by atoms with E-state index in [0.717, 1.165) is 12.0 Å². The van der Waals surface area contributed by atoms with Gasteiger partial charge in [-0.2, -0.15) is 0 Å². The molecule has 23 heavy (non-hydrogen) atoms. The average Bonchev–Trinajstić information content (AvgIpc) is 2.44. The number of carbonyl (C=O) groups excluding carboxylic acids is 1. The van der Waals surface area contributed by atoms with Crippen LogP contribution in [0.4, 0.5) is 0 Å². The van der Waals surface area contributed by atoms with Gasteiger partial charge in [0, 0.05) is 23.9 Å². The highest BCUT2D eigenvalue weighted by Crippen LogP contribution is 2.25. The highest BCUT2D eigenvalue weighted by atomic mass is 32.2. The zero-order chi connectivity index (χ0) is 17.3. The third kappa shape index (κ3) is 4.39. The lowest BCUT2D eigenvalue weighted by molar-refractivity contribution is -0.137. The average molecular weight is 339 g/mol. The number of fused-ring (bicyclic) bond motifs is 1. The summed E-state index contributed by atoms with van der Waals surface area (Å²) in [5.41, 5.74) is 0.482. The van der Waals surface area contributed by atoms with E-state index in [1.807, 2.05) is 0 Å². The fraction of sp³-hybridized carbons (Fsp3) is 0.500. The summed E-state index contributed by atoms with van der Waals surface area (Å²) >= 11 is 0. The topological polar surface area (TPSA) is 101 Å². The first-order chi connectivity index (χ1) is 10.6. The van der Waals surface area contributed by atoms with E-state index in [2.05, 4.69) is 4.72 Å². The van der Waals surface area contributed by atoms with Crippen LogP contribution in [0.5, 0.6) is 0 Å². The van der Waals surface area contributed by atoms with E-state index < -0.39 is 21.5 Å². The largest absolute Gasteiger partial charge is 0.481 e. The maximum absolute atomic E-state index is 12.5. The van der Waals surface area contributed by atoms with Gasteiger partial charge in [0.2, 0.25) is 10.0 Å². The number of hydrogen-bond acceptors (Lipinski definition) is 4. The van der Waals surface area contributed by atoms with Crippen molar-refractivity contribution in [3.63, 3.8) is 0 Å². The first kappa shape index (κ1) is 17.6. The Labute approximate surface area is 136 Å². The number of carboxylic acid groups (broad SMARTS) is 1. The molecule has 0 atom stereocenters. The summed E-state index contributed by atoms with van der Waals surface area (Å²) < 4.78 is 27.6. The molecule has 0 saturated heterocycles. The van der Waals surface area contributed by atoms with Crippen LogP contribution < -0.4 is 4.72 Å². The lowest BCUT2D eigenvalue weighted by Gasteiger charge is -2.25. The van der Waals surface area contributed by atoms with Gasteiger partial charge in [-0.05, 0) is 56.9 Å². The number of sulfonamides is 1. The van der Waals surface area contributed by atoms with Crippen LogP contribution >= 0.6 is 0 Å². The highest BCUT2D eigenvalue weighted by molar-refractivity contribution is 7.89. The SMILES string of the molecule is CC(C)(CCC(=O)O)NS(=O)(=O)c1ccc2c(c1)CCCC2=O. The molecule has 0 fully saturated rings. The van der Waals surface area contributed by atoms with Gasteiger partial charge in [0.05, 0.1) is 4.90 Å². The van der Waals surface area contributed by atoms with Gasteiger partial charge >= 0.3 is 5.97 Å². The van der Waals surface area contributed by atoms with Crippen molar-refractivity contribution >= 4 is 21.8 Å². The van der Waals surface area contributed by atoms with E-state index in [1.54, 1.807) is 26.0 Å². The third-order valence-corrected chi connectivity index (χ3v) is 5.61. The Kier molecular flexibility index (Phi) is 4.91. The number of hydrogen-bond donors (Lipinski definition) is 2. The lowest BCUT2D eigenvalue weighted by Crippen LogP contribution is -2.43. The fourth-order valence-electron chi connectivity index (χ4n) is 2.68. The zero-order valence-corrected chi connectivity index (χ0v) is 14.1. The van der Waals surface area contributed by atoms with Gasteiger partial charge in [-0.1, -0.05) is 0 Å². The first-order valence-corrected chi connectivity index (χ1v) is 9.01. The second kappa shape index (κ2) is 6.41. The number of carboxylic acids is 1. The van der Waals surface area contributed by atoms with Crippen LogP contribution in [0.25, 0.3) is 0 Å². The zero-order valence-electron chi connectivity index (χ0n) is 13.3. The molecule has 0 amide bonds. The molecule has 6 nitrogen and oxygen atoms in total. The molecular formula is C16H21NO5S. The molecule has 0 heterocycles. The Morgan fingerprint density at radius 3 is 2.65 bits per heavy atom. The summed E-state index contributed by atoms with van der Waals surface area (Å²) in [6.45, 7) is 3.30. The summed E-state index contributed by atoms with van der Waals surface area (Å²) in [6.07, 6.45) is 1.98. The number of Topliss-reactive ketones (excluding diaryl/α,β-unsaturated/α-hetero) is 1. The quantitative estimate of drug-likeness (QED) is 0.827. The number of aryl methyl sites for hydroxylation is 1. The molecule has 0 unspecified atom stereocenters. The van der Waals surface area contributed by atoms with Crippen molar-refractivity contribution < 1.29 is 23.1 Å². The summed E-state index contributed by atoms with van der Waals surface area (Å²) in [7, 11) is -3.77. The highest BCUT2D eigenvalue weighted by Gasteiger charge is 2.28. The van der Waals surface area contributed by atoms with Gasteiger partial charge in [-0.15, -0.1) is 0 Å². The monoisotopic (exact) mass is 339 g/mol. The van der Waals surface area contributed by atoms with Crippen molar-refractivity contribution in [3.05, 3.63) is 29.3 Å². The maximum Gasteiger partial charge on any atom is 0.303 e. The molecular weight excluding hydrogens is 318 g/mol. The van der Waals surface area contributed by atoms with Crippen LogP contribution in [0.2, 0.25) is 0 Å². The summed E-state index contributed by atoms with van der Waals surface area (Å²) in [4.78, 5) is 22.6. The lowest BCUT2D eigenvalue weighted by atomic mass is 9.91. The number of aliphatic carboxylic acids is 1. The van der Waals surface area contributed by atoms with E-state index in [-0.39, 0.29) is 23.5 Å². The summed E-state index contributed by atoms with van der Waals surface area (Å²) in [6, 6.07) is 4.54. The number of benzene rings is 1. The van der Waals surface area contributed by atoms with Gasteiger partial charge in [0.25, 0.3) is 0 Å². The minimum absolute atomic E-state index is 0.0462. The number of nitrogens with one attached hydrogen (secondary N) is 1. The molecule has 0 radical (unpaired) electrons. The van der Waals surface area contributed by atoms with Gasteiger partial charge in [0.15, 0.2) is 5.78 Å². The van der Waals surface area contributed by atoms with Crippen molar-refractivity contribution in [2.75, 3.05) is 0 Å². The Hall–Kier alpha value is -1.73. The molecule has 1 aliphatic carbocycles. The van der Waals surface area contributed by atoms with Gasteiger partial charge in [-0.3, -0.25) is 9.59 Å². The second-order valence-electron chi connectivity index (χ2n) is 6.48. The molecule has 2 rings (SSSR count). The van der Waals surface area contributed by atoms with Crippen molar-refractivity contribution in [1.29, 1.82) is 0 Å². The standard InChI is InChI=1S/C16H21NO5S/c1-16(2,9-8-15(19)20)17-23(21,22)12-6-7-13-11(10-12)4-3-5-14(13)18/h6-7,10,17H,3-5,8-9H2,1-2H3,(H,19,20). The number of ketones is 1. The van der Waals surface area contributed by atoms with Gasteiger partial charge in [-0.25, -0.2) is 13.1 Å². The first-order valence-electron chi connectivity index (χ1n) is 7.53. The van der Waals surface area contributed by atoms with Crippen LogP contribution in [-0.4, -0.2) is 30.8 Å². The number of rotatable bonds is 6. The Bertz CT molecular complexity index is 737. The molecule has 1 aromatic rings. The Morgan fingerprint density at radius 1 is 1.30 bits per heavy atom. The van der Waals surface area contributed by atoms with Crippen molar-refractivity contribution in [2.45, 2.75) is 56.4 Å². The molecule has 0 bridgehead atoms. The van der Waals surface area contributed by atoms with Crippen LogP contribution in [0.1, 0.15) is 55.5 Å². The van der Waals surface area contributed by atoms with Crippen LogP contribution in [0.15, 0.2) is 23.1 Å². The molecule has 0 spiro atoms. The predicted molar refractivity (Wildman–Crippen MR) is 85.0 cm³/mol. The molecule has 0 saturated carbocycles. The predicted octanol–water partition coefficient (Wildman–Crippen LogP) is 2.13. The minimum Gasteiger partial charge on any atom is -0.481 e. The third-order valence-electron chi connectivity index (χ3n) is 3.91. The van der Waals surface area contributed by atoms with Crippen molar-refractivity contribution in [3.8, 4) is 0 Å².